The Hall–Kier alpha value is -3.15. The lowest BCUT2D eigenvalue weighted by molar-refractivity contribution is -0.138. The van der Waals surface area contributed by atoms with E-state index in [1.54, 1.807) is 12.4 Å². The molecule has 6 heteroatoms. The summed E-state index contributed by atoms with van der Waals surface area (Å²) in [5.74, 6) is -1.28. The Bertz CT molecular complexity index is 757. The van der Waals surface area contributed by atoms with Gasteiger partial charge in [-0.05, 0) is 48.2 Å². The van der Waals surface area contributed by atoms with Crippen LogP contribution >= 0.6 is 0 Å². The summed E-state index contributed by atoms with van der Waals surface area (Å²) in [6.45, 7) is 0. The number of carbonyl (C=O) groups excluding carboxylic acids is 2. The van der Waals surface area contributed by atoms with E-state index in [1.165, 1.54) is 19.8 Å². The minimum absolute atomic E-state index is 0.0145. The predicted octanol–water partition coefficient (Wildman–Crippen LogP) is 2.51. The SMILES string of the molecule is COC(=O)/C=C(/Nc1cccc(CCc2ccncc2)c1)C(=O)OC. The Kier molecular flexibility index (Phi) is 6.71. The first-order valence-electron chi connectivity index (χ1n) is 7.75. The van der Waals surface area contributed by atoms with Crippen molar-refractivity contribution in [3.8, 4) is 0 Å². The van der Waals surface area contributed by atoms with Crippen molar-refractivity contribution in [3.05, 3.63) is 71.7 Å². The Morgan fingerprint density at radius 3 is 2.44 bits per heavy atom. The standard InChI is InChI=1S/C19H20N2O4/c1-24-18(22)13-17(19(23)25-2)21-16-5-3-4-15(12-16)7-6-14-8-10-20-11-9-14/h3-5,8-13,21H,6-7H2,1-2H3/b17-13+. The second-order valence-electron chi connectivity index (χ2n) is 5.25. The van der Waals surface area contributed by atoms with Gasteiger partial charge in [0.25, 0.3) is 0 Å². The summed E-state index contributed by atoms with van der Waals surface area (Å²) < 4.78 is 9.24. The third kappa shape index (κ3) is 5.76. The summed E-state index contributed by atoms with van der Waals surface area (Å²) in [5.41, 5.74) is 3.01. The van der Waals surface area contributed by atoms with Crippen LogP contribution in [0.5, 0.6) is 0 Å². The van der Waals surface area contributed by atoms with Crippen molar-refractivity contribution in [1.29, 1.82) is 0 Å². The molecule has 1 heterocycles. The Morgan fingerprint density at radius 1 is 1.04 bits per heavy atom. The van der Waals surface area contributed by atoms with Gasteiger partial charge in [-0.3, -0.25) is 4.98 Å². The molecule has 0 saturated heterocycles. The lowest BCUT2D eigenvalue weighted by Gasteiger charge is -2.10. The molecular formula is C19H20N2O4. The van der Waals surface area contributed by atoms with Crippen molar-refractivity contribution in [2.45, 2.75) is 12.8 Å². The number of anilines is 1. The molecule has 1 aromatic heterocycles. The molecule has 0 bridgehead atoms. The number of esters is 2. The molecule has 0 radical (unpaired) electrons. The number of carbonyl (C=O) groups is 2. The van der Waals surface area contributed by atoms with Crippen molar-refractivity contribution in [1.82, 2.24) is 4.98 Å². The van der Waals surface area contributed by atoms with Gasteiger partial charge in [-0.2, -0.15) is 0 Å². The van der Waals surface area contributed by atoms with Gasteiger partial charge in [-0.25, -0.2) is 9.59 Å². The van der Waals surface area contributed by atoms with Crippen molar-refractivity contribution in [2.24, 2.45) is 0 Å². The molecule has 0 aliphatic carbocycles. The molecule has 0 saturated carbocycles. The molecule has 2 rings (SSSR count). The molecule has 1 aromatic carbocycles. The largest absolute Gasteiger partial charge is 0.466 e. The van der Waals surface area contributed by atoms with Crippen molar-refractivity contribution in [3.63, 3.8) is 0 Å². The fourth-order valence-electron chi connectivity index (χ4n) is 2.23. The van der Waals surface area contributed by atoms with E-state index < -0.39 is 11.9 Å². The van der Waals surface area contributed by atoms with E-state index in [9.17, 15) is 9.59 Å². The number of benzene rings is 1. The third-order valence-corrected chi connectivity index (χ3v) is 3.53. The van der Waals surface area contributed by atoms with Crippen LogP contribution < -0.4 is 5.32 Å². The summed E-state index contributed by atoms with van der Waals surface area (Å²) in [6, 6.07) is 11.6. The number of aryl methyl sites for hydroxylation is 2. The number of rotatable bonds is 7. The lowest BCUT2D eigenvalue weighted by atomic mass is 10.0. The zero-order valence-corrected chi connectivity index (χ0v) is 14.2. The molecule has 2 aromatic rings. The molecule has 0 unspecified atom stereocenters. The first kappa shape index (κ1) is 18.2. The summed E-state index contributed by atoms with van der Waals surface area (Å²) >= 11 is 0. The fraction of sp³-hybridized carbons (Fsp3) is 0.211. The topological polar surface area (TPSA) is 77.5 Å². The maximum Gasteiger partial charge on any atom is 0.354 e. The van der Waals surface area contributed by atoms with E-state index in [0.717, 1.165) is 24.5 Å². The minimum Gasteiger partial charge on any atom is -0.466 e. The van der Waals surface area contributed by atoms with Crippen LogP contribution in [-0.2, 0) is 31.9 Å². The van der Waals surface area contributed by atoms with Crippen molar-refractivity contribution < 1.29 is 19.1 Å². The van der Waals surface area contributed by atoms with Gasteiger partial charge in [0.1, 0.15) is 5.70 Å². The van der Waals surface area contributed by atoms with Crippen LogP contribution in [0.4, 0.5) is 5.69 Å². The zero-order valence-electron chi connectivity index (χ0n) is 14.2. The van der Waals surface area contributed by atoms with Crippen LogP contribution in [0.3, 0.4) is 0 Å². The van der Waals surface area contributed by atoms with Gasteiger partial charge in [0.2, 0.25) is 0 Å². The minimum atomic E-state index is -0.646. The second kappa shape index (κ2) is 9.22. The summed E-state index contributed by atoms with van der Waals surface area (Å²) in [5, 5.41) is 2.91. The average molecular weight is 340 g/mol. The first-order chi connectivity index (χ1) is 12.1. The molecule has 1 N–H and O–H groups in total. The number of hydrogen-bond acceptors (Lipinski definition) is 6. The molecule has 0 aliphatic rings. The van der Waals surface area contributed by atoms with E-state index in [-0.39, 0.29) is 5.70 Å². The maximum atomic E-state index is 11.8. The van der Waals surface area contributed by atoms with Crippen LogP contribution in [0.1, 0.15) is 11.1 Å². The van der Waals surface area contributed by atoms with Gasteiger partial charge in [0.05, 0.1) is 20.3 Å². The highest BCUT2D eigenvalue weighted by molar-refractivity contribution is 5.98. The fourth-order valence-corrected chi connectivity index (χ4v) is 2.23. The number of hydrogen-bond donors (Lipinski definition) is 1. The average Bonchev–Trinajstić information content (AvgIpc) is 2.66. The highest BCUT2D eigenvalue weighted by atomic mass is 16.5. The van der Waals surface area contributed by atoms with Crippen LogP contribution in [0.25, 0.3) is 0 Å². The van der Waals surface area contributed by atoms with E-state index in [4.69, 9.17) is 0 Å². The van der Waals surface area contributed by atoms with Gasteiger partial charge < -0.3 is 14.8 Å². The van der Waals surface area contributed by atoms with Gasteiger partial charge in [0, 0.05) is 18.1 Å². The number of aromatic nitrogens is 1. The van der Waals surface area contributed by atoms with E-state index in [2.05, 4.69) is 19.8 Å². The highest BCUT2D eigenvalue weighted by Gasteiger charge is 2.12. The first-order valence-corrected chi connectivity index (χ1v) is 7.75. The van der Waals surface area contributed by atoms with Gasteiger partial charge in [-0.15, -0.1) is 0 Å². The second-order valence-corrected chi connectivity index (χ2v) is 5.25. The Labute approximate surface area is 146 Å². The monoisotopic (exact) mass is 340 g/mol. The predicted molar refractivity (Wildman–Crippen MR) is 93.8 cm³/mol. The van der Waals surface area contributed by atoms with E-state index in [1.807, 2.05) is 36.4 Å². The van der Waals surface area contributed by atoms with Crippen LogP contribution in [0.2, 0.25) is 0 Å². The number of nitrogens with zero attached hydrogens (tertiary/aromatic N) is 1. The molecular weight excluding hydrogens is 320 g/mol. The number of pyridine rings is 1. The molecule has 25 heavy (non-hydrogen) atoms. The van der Waals surface area contributed by atoms with Gasteiger partial charge in [0.15, 0.2) is 0 Å². The Morgan fingerprint density at radius 2 is 1.76 bits per heavy atom. The lowest BCUT2D eigenvalue weighted by Crippen LogP contribution is -2.15. The van der Waals surface area contributed by atoms with Crippen LogP contribution in [0, 0.1) is 0 Å². The van der Waals surface area contributed by atoms with E-state index >= 15 is 0 Å². The smallest absolute Gasteiger partial charge is 0.354 e. The summed E-state index contributed by atoms with van der Waals surface area (Å²) in [7, 11) is 2.49. The molecule has 0 amide bonds. The maximum absolute atomic E-state index is 11.8. The van der Waals surface area contributed by atoms with Gasteiger partial charge >= 0.3 is 11.9 Å². The number of methoxy groups -OCH3 is 2. The quantitative estimate of drug-likeness (QED) is 0.616. The zero-order chi connectivity index (χ0) is 18.1. The molecule has 0 fully saturated rings. The van der Waals surface area contributed by atoms with E-state index in [0.29, 0.717) is 5.69 Å². The summed E-state index contributed by atoms with van der Waals surface area (Å²) in [4.78, 5) is 27.2. The highest BCUT2D eigenvalue weighted by Crippen LogP contribution is 2.16. The molecule has 130 valence electrons. The van der Waals surface area contributed by atoms with Crippen molar-refractivity contribution in [2.75, 3.05) is 19.5 Å². The number of ether oxygens (including phenoxy) is 2. The molecule has 6 nitrogen and oxygen atoms in total. The molecule has 0 spiro atoms. The summed E-state index contributed by atoms with van der Waals surface area (Å²) in [6.07, 6.45) is 6.33. The van der Waals surface area contributed by atoms with Crippen LogP contribution in [0.15, 0.2) is 60.6 Å². The Balaban J connectivity index is 2.09. The van der Waals surface area contributed by atoms with Crippen molar-refractivity contribution >= 4 is 17.6 Å². The third-order valence-electron chi connectivity index (χ3n) is 3.53. The number of nitrogens with one attached hydrogen (secondary N) is 1. The molecule has 0 atom stereocenters. The normalized spacial score (nSPS) is 10.9. The van der Waals surface area contributed by atoms with Gasteiger partial charge in [-0.1, -0.05) is 12.1 Å². The molecule has 0 aliphatic heterocycles. The van der Waals surface area contributed by atoms with Crippen LogP contribution in [-0.4, -0.2) is 31.1 Å².